The molecule has 0 saturated heterocycles. The molecular formula is C23H21OZr. The number of hydrogen-bond donors (Lipinski definition) is 0. The van der Waals surface area contributed by atoms with E-state index in [0.717, 1.165) is 17.1 Å². The number of fused-ring (bicyclic) bond motifs is 1. The summed E-state index contributed by atoms with van der Waals surface area (Å²) in [6, 6.07) is 15.1. The quantitative estimate of drug-likeness (QED) is 0.489. The minimum absolute atomic E-state index is 0. The van der Waals surface area contributed by atoms with E-state index in [1.807, 2.05) is 6.92 Å². The van der Waals surface area contributed by atoms with Gasteiger partial charge >= 0.3 is 0 Å². The van der Waals surface area contributed by atoms with Crippen LogP contribution in [0, 0.1) is 34.1 Å². The Balaban J connectivity index is 0.00000182. The van der Waals surface area contributed by atoms with Crippen molar-refractivity contribution in [3.63, 3.8) is 0 Å². The molecule has 1 aliphatic rings. The Morgan fingerprint density at radius 1 is 0.840 bits per heavy atom. The molecule has 0 unspecified atom stereocenters. The second-order valence-corrected chi connectivity index (χ2v) is 6.66. The molecule has 2 aromatic carbocycles. The van der Waals surface area contributed by atoms with Crippen LogP contribution in [0.15, 0.2) is 46.9 Å². The minimum atomic E-state index is 0. The summed E-state index contributed by atoms with van der Waals surface area (Å²) in [5.41, 5.74) is 10.2. The molecule has 1 aliphatic carbocycles. The van der Waals surface area contributed by atoms with Crippen LogP contribution in [-0.2, 0) is 26.2 Å². The van der Waals surface area contributed by atoms with Gasteiger partial charge in [-0.15, -0.1) is 0 Å². The average molecular weight is 405 g/mol. The normalized spacial score (nSPS) is 12.6. The first-order chi connectivity index (χ1) is 11.5. The summed E-state index contributed by atoms with van der Waals surface area (Å²) in [5, 5.41) is 0. The Morgan fingerprint density at radius 3 is 2.20 bits per heavy atom. The maximum Gasteiger partial charge on any atom is 0.131 e. The Kier molecular flexibility index (Phi) is 5.02. The largest absolute Gasteiger partial charge is 0.461 e. The first kappa shape index (κ1) is 18.1. The monoisotopic (exact) mass is 403 g/mol. The van der Waals surface area contributed by atoms with E-state index < -0.39 is 0 Å². The summed E-state index contributed by atoms with van der Waals surface area (Å²) in [6.45, 7) is 8.51. The second-order valence-electron chi connectivity index (χ2n) is 6.66. The van der Waals surface area contributed by atoms with Crippen LogP contribution in [0.2, 0.25) is 0 Å². The molecule has 0 aliphatic heterocycles. The molecule has 0 bridgehead atoms. The Morgan fingerprint density at radius 2 is 1.56 bits per heavy atom. The van der Waals surface area contributed by atoms with E-state index in [1.54, 1.807) is 0 Å². The van der Waals surface area contributed by atoms with Crippen LogP contribution in [0.4, 0.5) is 0 Å². The topological polar surface area (TPSA) is 13.1 Å². The van der Waals surface area contributed by atoms with Gasteiger partial charge in [-0.1, -0.05) is 36.4 Å². The Bertz CT molecular complexity index is 942. The van der Waals surface area contributed by atoms with Crippen molar-refractivity contribution < 1.29 is 30.6 Å². The molecular weight excluding hydrogens is 383 g/mol. The van der Waals surface area contributed by atoms with Crippen molar-refractivity contribution in [3.05, 3.63) is 88.2 Å². The maximum atomic E-state index is 5.94. The second kappa shape index (κ2) is 6.92. The average Bonchev–Trinajstić information content (AvgIpc) is 3.13. The van der Waals surface area contributed by atoms with Crippen LogP contribution < -0.4 is 0 Å². The fourth-order valence-electron chi connectivity index (χ4n) is 3.44. The van der Waals surface area contributed by atoms with Crippen LogP contribution in [0.3, 0.4) is 0 Å². The van der Waals surface area contributed by atoms with Gasteiger partial charge in [-0.2, -0.15) is 0 Å². The Labute approximate surface area is 168 Å². The van der Waals surface area contributed by atoms with Gasteiger partial charge in [0, 0.05) is 38.2 Å². The van der Waals surface area contributed by atoms with Gasteiger partial charge in [-0.05, 0) is 78.8 Å². The molecule has 25 heavy (non-hydrogen) atoms. The smallest absolute Gasteiger partial charge is 0.131 e. The van der Waals surface area contributed by atoms with E-state index in [4.69, 9.17) is 4.42 Å². The molecule has 1 radical (unpaired) electrons. The molecule has 1 nitrogen and oxygen atoms in total. The van der Waals surface area contributed by atoms with Crippen LogP contribution in [0.1, 0.15) is 39.3 Å². The SMILES string of the molecule is Cc1cc(C2=Cc3c(cc(C)c(C)c3-c3ccccc3)[CH]2)oc1C.[Zr]. The summed E-state index contributed by atoms with van der Waals surface area (Å²) in [5.74, 6) is 1.95. The van der Waals surface area contributed by atoms with Crippen molar-refractivity contribution in [2.45, 2.75) is 27.7 Å². The van der Waals surface area contributed by atoms with Gasteiger partial charge in [-0.3, -0.25) is 0 Å². The fourth-order valence-corrected chi connectivity index (χ4v) is 3.44. The summed E-state index contributed by atoms with van der Waals surface area (Å²) in [6.07, 6.45) is 4.51. The first-order valence-corrected chi connectivity index (χ1v) is 8.38. The van der Waals surface area contributed by atoms with E-state index in [0.29, 0.717) is 0 Å². The van der Waals surface area contributed by atoms with Crippen LogP contribution in [0.25, 0.3) is 22.8 Å². The number of rotatable bonds is 2. The zero-order valence-corrected chi connectivity index (χ0v) is 17.6. The zero-order chi connectivity index (χ0) is 16.8. The number of allylic oxidation sites excluding steroid dienone is 1. The molecule has 1 heterocycles. The number of aryl methyl sites for hydroxylation is 3. The van der Waals surface area contributed by atoms with Crippen molar-refractivity contribution in [1.29, 1.82) is 0 Å². The van der Waals surface area contributed by atoms with E-state index in [-0.39, 0.29) is 26.2 Å². The third-order valence-corrected chi connectivity index (χ3v) is 5.04. The predicted octanol–water partition coefficient (Wildman–Crippen LogP) is 6.28. The predicted molar refractivity (Wildman–Crippen MR) is 101 cm³/mol. The van der Waals surface area contributed by atoms with Crippen molar-refractivity contribution in [1.82, 2.24) is 0 Å². The van der Waals surface area contributed by atoms with E-state index >= 15 is 0 Å². The molecule has 4 rings (SSSR count). The van der Waals surface area contributed by atoms with Crippen molar-refractivity contribution in [3.8, 4) is 11.1 Å². The van der Waals surface area contributed by atoms with E-state index in [2.05, 4.69) is 75.7 Å². The van der Waals surface area contributed by atoms with E-state index in [1.165, 1.54) is 38.9 Å². The Hall–Kier alpha value is -1.66. The molecule has 123 valence electrons. The van der Waals surface area contributed by atoms with E-state index in [9.17, 15) is 0 Å². The minimum Gasteiger partial charge on any atom is -0.461 e. The van der Waals surface area contributed by atoms with Crippen LogP contribution >= 0.6 is 0 Å². The first-order valence-electron chi connectivity index (χ1n) is 8.38. The van der Waals surface area contributed by atoms with Gasteiger partial charge < -0.3 is 4.42 Å². The van der Waals surface area contributed by atoms with Crippen LogP contribution in [-0.4, -0.2) is 0 Å². The van der Waals surface area contributed by atoms with Gasteiger partial charge in [0.15, 0.2) is 0 Å². The summed E-state index contributed by atoms with van der Waals surface area (Å²) >= 11 is 0. The van der Waals surface area contributed by atoms with Crippen LogP contribution in [0.5, 0.6) is 0 Å². The summed E-state index contributed by atoms with van der Waals surface area (Å²) in [4.78, 5) is 0. The summed E-state index contributed by atoms with van der Waals surface area (Å²) < 4.78 is 5.94. The molecule has 0 atom stereocenters. The maximum absolute atomic E-state index is 5.94. The van der Waals surface area contributed by atoms with Gasteiger partial charge in [0.2, 0.25) is 0 Å². The number of hydrogen-bond acceptors (Lipinski definition) is 1. The van der Waals surface area contributed by atoms with Gasteiger partial charge in [-0.25, -0.2) is 0 Å². The molecule has 0 saturated carbocycles. The number of benzene rings is 2. The molecule has 0 spiro atoms. The van der Waals surface area contributed by atoms with Gasteiger partial charge in [0.1, 0.15) is 11.5 Å². The molecule has 0 amide bonds. The zero-order valence-electron chi connectivity index (χ0n) is 15.1. The molecule has 2 heteroatoms. The van der Waals surface area contributed by atoms with Crippen molar-refractivity contribution >= 4 is 11.6 Å². The molecule has 3 aromatic rings. The van der Waals surface area contributed by atoms with Crippen molar-refractivity contribution in [2.75, 3.05) is 0 Å². The number of furan rings is 1. The molecule has 1 aromatic heterocycles. The van der Waals surface area contributed by atoms with Crippen molar-refractivity contribution in [2.24, 2.45) is 0 Å². The molecule has 0 fully saturated rings. The third-order valence-electron chi connectivity index (χ3n) is 5.04. The van der Waals surface area contributed by atoms with Gasteiger partial charge in [0.25, 0.3) is 0 Å². The fraction of sp³-hybridized carbons (Fsp3) is 0.174. The summed E-state index contributed by atoms with van der Waals surface area (Å²) in [7, 11) is 0. The van der Waals surface area contributed by atoms with Gasteiger partial charge in [0.05, 0.1) is 0 Å². The molecule has 0 N–H and O–H groups in total. The standard InChI is InChI=1S/C23H21O.Zr/c1-14-10-19-12-20(22-11-15(2)17(4)24-22)13-21(19)23(16(14)3)18-8-6-5-7-9-18;/h5-13H,1-4H3;. The third kappa shape index (κ3) is 3.13.